The fourth-order valence-corrected chi connectivity index (χ4v) is 3.11. The number of hydrogen-bond donors (Lipinski definition) is 0. The number of hydrogen-bond acceptors (Lipinski definition) is 4. The zero-order valence-corrected chi connectivity index (χ0v) is 12.4. The maximum absolute atomic E-state index is 5.73. The maximum atomic E-state index is 5.73. The Balaban J connectivity index is 1.71. The van der Waals surface area contributed by atoms with Gasteiger partial charge in [0, 0.05) is 23.2 Å². The highest BCUT2D eigenvalue weighted by molar-refractivity contribution is 6.04. The van der Waals surface area contributed by atoms with E-state index in [1.54, 1.807) is 12.4 Å². The Labute approximate surface area is 132 Å². The van der Waals surface area contributed by atoms with E-state index in [0.717, 1.165) is 40.6 Å². The van der Waals surface area contributed by atoms with Crippen LogP contribution in [0.3, 0.4) is 0 Å². The smallest absolute Gasteiger partial charge is 0.227 e. The molecule has 4 aromatic rings. The van der Waals surface area contributed by atoms with Crippen LogP contribution >= 0.6 is 0 Å². The molecule has 4 heteroatoms. The largest absolute Gasteiger partial charge is 0.436 e. The van der Waals surface area contributed by atoms with Crippen molar-refractivity contribution in [1.29, 1.82) is 0 Å². The first-order valence-corrected chi connectivity index (χ1v) is 7.67. The molecule has 0 saturated carbocycles. The summed E-state index contributed by atoms with van der Waals surface area (Å²) in [4.78, 5) is 13.4. The number of rotatable bonds is 1. The van der Waals surface area contributed by atoms with Crippen molar-refractivity contribution in [2.45, 2.75) is 12.8 Å². The highest BCUT2D eigenvalue weighted by Crippen LogP contribution is 2.30. The molecule has 0 bridgehead atoms. The van der Waals surface area contributed by atoms with Gasteiger partial charge in [-0.3, -0.25) is 9.97 Å². The molecule has 5 rings (SSSR count). The van der Waals surface area contributed by atoms with Crippen LogP contribution < -0.4 is 0 Å². The van der Waals surface area contributed by atoms with Crippen LogP contribution in [0.2, 0.25) is 0 Å². The average Bonchev–Trinajstić information content (AvgIpc) is 2.99. The summed E-state index contributed by atoms with van der Waals surface area (Å²) in [5.74, 6) is 0. The molecule has 0 radical (unpaired) electrons. The highest BCUT2D eigenvalue weighted by atomic mass is 16.3. The van der Waals surface area contributed by atoms with E-state index >= 15 is 0 Å². The fourth-order valence-electron chi connectivity index (χ4n) is 3.11. The van der Waals surface area contributed by atoms with Gasteiger partial charge in [-0.05, 0) is 48.2 Å². The molecule has 0 atom stereocenters. The Morgan fingerprint density at radius 2 is 1.87 bits per heavy atom. The molecule has 110 valence electrons. The zero-order chi connectivity index (χ0) is 15.2. The lowest BCUT2D eigenvalue weighted by Crippen LogP contribution is -1.97. The van der Waals surface area contributed by atoms with Gasteiger partial charge in [0.05, 0.1) is 17.6 Å². The van der Waals surface area contributed by atoms with Gasteiger partial charge in [-0.25, -0.2) is 4.98 Å². The Kier molecular flexibility index (Phi) is 2.58. The van der Waals surface area contributed by atoms with Crippen molar-refractivity contribution in [1.82, 2.24) is 15.0 Å². The molecule has 23 heavy (non-hydrogen) atoms. The fraction of sp³-hybridized carbons (Fsp3) is 0.105. The van der Waals surface area contributed by atoms with Gasteiger partial charge in [-0.1, -0.05) is 12.2 Å². The summed E-state index contributed by atoms with van der Waals surface area (Å²) < 4.78 is 5.73. The minimum Gasteiger partial charge on any atom is -0.436 e. The standard InChI is InChI=1S/C19H13N3O/c1-2-5-13-10-21-16(8-12(13)4-1)17-9-15-14-6-3-7-20-19(14)23-18(15)11-22-17/h1,3-4,6-11H,2,5H2. The lowest BCUT2D eigenvalue weighted by molar-refractivity contribution is 0.652. The van der Waals surface area contributed by atoms with Crippen LogP contribution in [-0.2, 0) is 6.42 Å². The van der Waals surface area contributed by atoms with Crippen molar-refractivity contribution >= 4 is 28.1 Å². The average molecular weight is 299 g/mol. The molecule has 1 aliphatic carbocycles. The van der Waals surface area contributed by atoms with Crippen LogP contribution in [-0.4, -0.2) is 15.0 Å². The van der Waals surface area contributed by atoms with Crippen molar-refractivity contribution in [3.63, 3.8) is 0 Å². The predicted octanol–water partition coefficient (Wildman–Crippen LogP) is 4.40. The summed E-state index contributed by atoms with van der Waals surface area (Å²) >= 11 is 0. The quantitative estimate of drug-likeness (QED) is 0.523. The van der Waals surface area contributed by atoms with Gasteiger partial charge in [0.25, 0.3) is 0 Å². The highest BCUT2D eigenvalue weighted by Gasteiger charge is 2.12. The summed E-state index contributed by atoms with van der Waals surface area (Å²) in [5.41, 5.74) is 5.67. The summed E-state index contributed by atoms with van der Waals surface area (Å²) in [6.45, 7) is 0. The van der Waals surface area contributed by atoms with E-state index < -0.39 is 0 Å². The maximum Gasteiger partial charge on any atom is 0.227 e. The van der Waals surface area contributed by atoms with E-state index in [9.17, 15) is 0 Å². The summed E-state index contributed by atoms with van der Waals surface area (Å²) in [6.07, 6.45) is 12.0. The summed E-state index contributed by atoms with van der Waals surface area (Å²) in [7, 11) is 0. The van der Waals surface area contributed by atoms with Gasteiger partial charge < -0.3 is 4.42 Å². The molecule has 0 unspecified atom stereocenters. The van der Waals surface area contributed by atoms with Gasteiger partial charge in [-0.15, -0.1) is 0 Å². The normalized spacial score (nSPS) is 13.6. The number of fused-ring (bicyclic) bond motifs is 4. The van der Waals surface area contributed by atoms with E-state index in [4.69, 9.17) is 4.42 Å². The van der Waals surface area contributed by atoms with Crippen molar-refractivity contribution < 1.29 is 4.42 Å². The van der Waals surface area contributed by atoms with Gasteiger partial charge in [-0.2, -0.15) is 0 Å². The second-order valence-electron chi connectivity index (χ2n) is 5.73. The number of allylic oxidation sites excluding steroid dienone is 1. The van der Waals surface area contributed by atoms with E-state index in [0.29, 0.717) is 5.71 Å². The molecule has 0 aliphatic heterocycles. The number of aryl methyl sites for hydroxylation is 1. The van der Waals surface area contributed by atoms with Crippen LogP contribution in [0.5, 0.6) is 0 Å². The lowest BCUT2D eigenvalue weighted by Gasteiger charge is -2.10. The Morgan fingerprint density at radius 3 is 2.87 bits per heavy atom. The number of furan rings is 1. The van der Waals surface area contributed by atoms with Crippen LogP contribution in [0, 0.1) is 0 Å². The SMILES string of the molecule is C1=Cc2cc(-c3cc4c(cn3)oc3ncccc34)ncc2CC1. The monoisotopic (exact) mass is 299 g/mol. The minimum absolute atomic E-state index is 0.641. The van der Waals surface area contributed by atoms with Crippen molar-refractivity contribution in [3.8, 4) is 11.4 Å². The molecule has 0 saturated heterocycles. The van der Waals surface area contributed by atoms with Gasteiger partial charge >= 0.3 is 0 Å². The number of pyridine rings is 3. The first-order valence-electron chi connectivity index (χ1n) is 7.67. The molecule has 0 N–H and O–H groups in total. The molecule has 1 aliphatic rings. The minimum atomic E-state index is 0.641. The van der Waals surface area contributed by atoms with Crippen LogP contribution in [0.25, 0.3) is 39.5 Å². The van der Waals surface area contributed by atoms with Gasteiger partial charge in [0.2, 0.25) is 5.71 Å². The molecule has 0 aromatic carbocycles. The third-order valence-corrected chi connectivity index (χ3v) is 4.30. The zero-order valence-electron chi connectivity index (χ0n) is 12.4. The predicted molar refractivity (Wildman–Crippen MR) is 89.9 cm³/mol. The third kappa shape index (κ3) is 1.95. The molecular formula is C19H13N3O. The van der Waals surface area contributed by atoms with Crippen LogP contribution in [0.4, 0.5) is 0 Å². The van der Waals surface area contributed by atoms with E-state index in [-0.39, 0.29) is 0 Å². The first kappa shape index (κ1) is 12.5. The Bertz CT molecular complexity index is 1080. The molecule has 0 amide bonds. The van der Waals surface area contributed by atoms with Gasteiger partial charge in [0.15, 0.2) is 5.58 Å². The number of nitrogens with zero attached hydrogens (tertiary/aromatic N) is 3. The van der Waals surface area contributed by atoms with E-state index in [2.05, 4.69) is 33.2 Å². The van der Waals surface area contributed by atoms with Crippen molar-refractivity contribution in [2.24, 2.45) is 0 Å². The first-order chi connectivity index (χ1) is 11.4. The molecule has 0 spiro atoms. The lowest BCUT2D eigenvalue weighted by atomic mass is 9.98. The summed E-state index contributed by atoms with van der Waals surface area (Å²) in [6, 6.07) is 8.07. The number of aromatic nitrogens is 3. The second kappa shape index (κ2) is 4.74. The Hall–Kier alpha value is -3.01. The molecule has 4 heterocycles. The molecule has 0 fully saturated rings. The van der Waals surface area contributed by atoms with Crippen molar-refractivity contribution in [2.75, 3.05) is 0 Å². The topological polar surface area (TPSA) is 51.8 Å². The van der Waals surface area contributed by atoms with Gasteiger partial charge in [0.1, 0.15) is 0 Å². The molecular weight excluding hydrogens is 286 g/mol. The Morgan fingerprint density at radius 1 is 0.957 bits per heavy atom. The second-order valence-corrected chi connectivity index (χ2v) is 5.73. The van der Waals surface area contributed by atoms with E-state index in [1.807, 2.05) is 24.4 Å². The molecule has 4 nitrogen and oxygen atoms in total. The van der Waals surface area contributed by atoms with Crippen LogP contribution in [0.1, 0.15) is 17.5 Å². The summed E-state index contributed by atoms with van der Waals surface area (Å²) in [5, 5.41) is 2.03. The third-order valence-electron chi connectivity index (χ3n) is 4.30. The van der Waals surface area contributed by atoms with Crippen molar-refractivity contribution in [3.05, 3.63) is 60.1 Å². The van der Waals surface area contributed by atoms with E-state index in [1.165, 1.54) is 11.1 Å². The van der Waals surface area contributed by atoms with Crippen LogP contribution in [0.15, 0.2) is 53.3 Å². The molecule has 4 aromatic heterocycles.